The average Bonchev–Trinajstić information content (AvgIpc) is 3.41. The second kappa shape index (κ2) is 8.37. The first-order valence-electron chi connectivity index (χ1n) is 11.3. The summed E-state index contributed by atoms with van der Waals surface area (Å²) >= 11 is 0. The van der Waals surface area contributed by atoms with E-state index in [0.717, 1.165) is 34.5 Å². The van der Waals surface area contributed by atoms with Crippen LogP contribution in [-0.2, 0) is 16.0 Å². The zero-order valence-electron chi connectivity index (χ0n) is 19.4. The summed E-state index contributed by atoms with van der Waals surface area (Å²) in [6.45, 7) is 2.56. The summed E-state index contributed by atoms with van der Waals surface area (Å²) in [5.74, 6) is -0.745. The number of ketones is 1. The number of ether oxygens (including phenoxy) is 1. The third kappa shape index (κ3) is 3.61. The summed E-state index contributed by atoms with van der Waals surface area (Å²) < 4.78 is 5.57. The van der Waals surface area contributed by atoms with Crippen molar-refractivity contribution >= 4 is 28.8 Å². The molecule has 0 spiro atoms. The molecule has 1 amide bonds. The van der Waals surface area contributed by atoms with Gasteiger partial charge in [0.2, 0.25) is 0 Å². The molecule has 0 saturated carbocycles. The topological polar surface area (TPSA) is 70.1 Å². The zero-order valence-corrected chi connectivity index (χ0v) is 19.4. The first-order valence-corrected chi connectivity index (χ1v) is 11.3. The van der Waals surface area contributed by atoms with Gasteiger partial charge in [-0.05, 0) is 60.5 Å². The van der Waals surface area contributed by atoms with Gasteiger partial charge in [-0.2, -0.15) is 0 Å². The lowest BCUT2D eigenvalue weighted by molar-refractivity contribution is -0.132. The molecule has 0 bridgehead atoms. The Bertz CT molecular complexity index is 1310. The molecule has 2 aliphatic heterocycles. The lowest BCUT2D eigenvalue weighted by Gasteiger charge is -2.26. The monoisotopic (exact) mass is 454 g/mol. The van der Waals surface area contributed by atoms with E-state index in [1.54, 1.807) is 12.1 Å². The minimum absolute atomic E-state index is 0.0852. The van der Waals surface area contributed by atoms with Crippen LogP contribution in [0.25, 0.3) is 5.76 Å². The molecule has 2 aliphatic rings. The second-order valence-corrected chi connectivity index (χ2v) is 8.91. The highest BCUT2D eigenvalue weighted by Crippen LogP contribution is 2.43. The first kappa shape index (κ1) is 21.8. The number of nitrogens with zero attached hydrogens (tertiary/aromatic N) is 2. The van der Waals surface area contributed by atoms with Crippen molar-refractivity contribution in [2.24, 2.45) is 0 Å². The number of aliphatic hydroxyl groups is 1. The molecule has 5 rings (SSSR count). The quantitative estimate of drug-likeness (QED) is 0.354. The summed E-state index contributed by atoms with van der Waals surface area (Å²) in [5.41, 5.74) is 4.96. The van der Waals surface area contributed by atoms with Crippen molar-refractivity contribution in [3.63, 3.8) is 0 Å². The van der Waals surface area contributed by atoms with E-state index in [4.69, 9.17) is 4.74 Å². The van der Waals surface area contributed by atoms with Gasteiger partial charge in [-0.3, -0.25) is 14.5 Å². The minimum Gasteiger partial charge on any atom is -0.507 e. The van der Waals surface area contributed by atoms with Crippen LogP contribution in [0.4, 0.5) is 11.4 Å². The van der Waals surface area contributed by atoms with E-state index in [-0.39, 0.29) is 11.3 Å². The van der Waals surface area contributed by atoms with E-state index in [0.29, 0.717) is 17.9 Å². The van der Waals surface area contributed by atoms with Crippen molar-refractivity contribution in [1.82, 2.24) is 0 Å². The largest absolute Gasteiger partial charge is 0.507 e. The Morgan fingerprint density at radius 3 is 2.38 bits per heavy atom. The standard InChI is InChI=1S/C28H26N2O4/c1-17-4-9-22(10-5-17)30-25(18-6-11-21(12-7-18)29(2)3)24(27(32)28(30)33)26(31)20-8-13-23-19(16-20)14-15-34-23/h4-13,16,25,31H,14-15H2,1-3H3/b26-24-. The molecular weight excluding hydrogens is 428 g/mol. The number of rotatable bonds is 4. The number of carbonyl (C=O) groups is 2. The molecule has 1 atom stereocenters. The molecule has 3 aromatic carbocycles. The molecule has 0 aromatic heterocycles. The fraction of sp³-hybridized carbons (Fsp3) is 0.214. The summed E-state index contributed by atoms with van der Waals surface area (Å²) in [6, 6.07) is 19.8. The summed E-state index contributed by atoms with van der Waals surface area (Å²) in [7, 11) is 3.90. The molecule has 1 N–H and O–H groups in total. The lowest BCUT2D eigenvalue weighted by Crippen LogP contribution is -2.29. The normalized spacial score (nSPS) is 18.7. The summed E-state index contributed by atoms with van der Waals surface area (Å²) in [6.07, 6.45) is 0.740. The number of hydrogen-bond acceptors (Lipinski definition) is 5. The molecule has 6 nitrogen and oxygen atoms in total. The highest BCUT2D eigenvalue weighted by atomic mass is 16.5. The molecular formula is C28H26N2O4. The van der Waals surface area contributed by atoms with Crippen LogP contribution >= 0.6 is 0 Å². The molecule has 6 heteroatoms. The van der Waals surface area contributed by atoms with Crippen molar-refractivity contribution in [2.75, 3.05) is 30.5 Å². The van der Waals surface area contributed by atoms with Gasteiger partial charge < -0.3 is 14.7 Å². The van der Waals surface area contributed by atoms with Gasteiger partial charge in [0.25, 0.3) is 11.7 Å². The number of Topliss-reactive ketones (excluding diaryl/α,β-unsaturated/α-hetero) is 1. The van der Waals surface area contributed by atoms with Crippen LogP contribution in [0.2, 0.25) is 0 Å². The van der Waals surface area contributed by atoms with Crippen LogP contribution in [0.1, 0.15) is 28.3 Å². The smallest absolute Gasteiger partial charge is 0.300 e. The van der Waals surface area contributed by atoms with E-state index in [9.17, 15) is 14.7 Å². The van der Waals surface area contributed by atoms with E-state index in [1.807, 2.05) is 80.5 Å². The second-order valence-electron chi connectivity index (χ2n) is 8.91. The summed E-state index contributed by atoms with van der Waals surface area (Å²) in [5, 5.41) is 11.4. The number of benzene rings is 3. The zero-order chi connectivity index (χ0) is 24.0. The fourth-order valence-corrected chi connectivity index (χ4v) is 4.56. The van der Waals surface area contributed by atoms with Gasteiger partial charge in [-0.15, -0.1) is 0 Å². The highest BCUT2D eigenvalue weighted by molar-refractivity contribution is 6.51. The van der Waals surface area contributed by atoms with Crippen molar-refractivity contribution in [1.29, 1.82) is 0 Å². The number of hydrogen-bond donors (Lipinski definition) is 1. The number of amides is 1. The predicted molar refractivity (Wildman–Crippen MR) is 132 cm³/mol. The van der Waals surface area contributed by atoms with E-state index in [2.05, 4.69) is 0 Å². The van der Waals surface area contributed by atoms with Crippen molar-refractivity contribution < 1.29 is 19.4 Å². The fourth-order valence-electron chi connectivity index (χ4n) is 4.56. The third-order valence-corrected chi connectivity index (χ3v) is 6.44. The molecule has 2 heterocycles. The van der Waals surface area contributed by atoms with Crippen LogP contribution in [0.5, 0.6) is 5.75 Å². The van der Waals surface area contributed by atoms with Gasteiger partial charge in [0.1, 0.15) is 11.5 Å². The van der Waals surface area contributed by atoms with Gasteiger partial charge in [-0.25, -0.2) is 0 Å². The Morgan fingerprint density at radius 1 is 1.00 bits per heavy atom. The number of aryl methyl sites for hydroxylation is 1. The number of aliphatic hydroxyl groups excluding tert-OH is 1. The van der Waals surface area contributed by atoms with E-state index < -0.39 is 17.7 Å². The Morgan fingerprint density at radius 2 is 1.71 bits per heavy atom. The SMILES string of the molecule is Cc1ccc(N2C(=O)C(=O)/C(=C(\O)c3ccc4c(c3)CCO4)C2c2ccc(N(C)C)cc2)cc1. The van der Waals surface area contributed by atoms with Crippen LogP contribution in [-0.4, -0.2) is 37.5 Å². The van der Waals surface area contributed by atoms with Crippen LogP contribution in [0.3, 0.4) is 0 Å². The Labute approximate surface area is 198 Å². The molecule has 1 saturated heterocycles. The molecule has 0 radical (unpaired) electrons. The van der Waals surface area contributed by atoms with Crippen LogP contribution < -0.4 is 14.5 Å². The Balaban J connectivity index is 1.68. The van der Waals surface area contributed by atoms with E-state index in [1.165, 1.54) is 4.90 Å². The molecule has 3 aromatic rings. The Hall–Kier alpha value is -4.06. The van der Waals surface area contributed by atoms with Gasteiger partial charge in [0, 0.05) is 37.5 Å². The predicted octanol–water partition coefficient (Wildman–Crippen LogP) is 4.62. The first-order chi connectivity index (χ1) is 16.3. The van der Waals surface area contributed by atoms with Gasteiger partial charge in [-0.1, -0.05) is 29.8 Å². The van der Waals surface area contributed by atoms with Crippen molar-refractivity contribution in [3.8, 4) is 5.75 Å². The average molecular weight is 455 g/mol. The van der Waals surface area contributed by atoms with Crippen LogP contribution in [0.15, 0.2) is 72.3 Å². The Kier molecular flexibility index (Phi) is 5.36. The molecule has 0 aliphatic carbocycles. The molecule has 1 fully saturated rings. The lowest BCUT2D eigenvalue weighted by atomic mass is 9.94. The summed E-state index contributed by atoms with van der Waals surface area (Å²) in [4.78, 5) is 30.1. The third-order valence-electron chi connectivity index (χ3n) is 6.44. The maximum Gasteiger partial charge on any atom is 0.300 e. The highest BCUT2D eigenvalue weighted by Gasteiger charge is 2.47. The molecule has 34 heavy (non-hydrogen) atoms. The van der Waals surface area contributed by atoms with Gasteiger partial charge in [0.15, 0.2) is 0 Å². The molecule has 172 valence electrons. The van der Waals surface area contributed by atoms with Crippen molar-refractivity contribution in [3.05, 3.63) is 94.6 Å². The number of carbonyl (C=O) groups excluding carboxylic acids is 2. The maximum atomic E-state index is 13.3. The molecule has 1 unspecified atom stereocenters. The minimum atomic E-state index is -0.747. The van der Waals surface area contributed by atoms with Gasteiger partial charge in [0.05, 0.1) is 18.2 Å². The van der Waals surface area contributed by atoms with Crippen molar-refractivity contribution in [2.45, 2.75) is 19.4 Å². The maximum absolute atomic E-state index is 13.3. The van der Waals surface area contributed by atoms with E-state index >= 15 is 0 Å². The van der Waals surface area contributed by atoms with Crippen LogP contribution in [0, 0.1) is 6.92 Å². The van der Waals surface area contributed by atoms with Gasteiger partial charge >= 0.3 is 0 Å². The number of anilines is 2. The number of fused-ring (bicyclic) bond motifs is 1.